The first-order valence-electron chi connectivity index (χ1n) is 3.83. The standard InChI is InChI=1S/C10H8N2O2/c1-13-9-4-3-7(5-11)10(14-2)8(9)6-12/h3-4H,1-2H3. The van der Waals surface area contributed by atoms with Crippen LogP contribution in [0.4, 0.5) is 0 Å². The third-order valence-corrected chi connectivity index (χ3v) is 1.78. The van der Waals surface area contributed by atoms with Crippen LogP contribution >= 0.6 is 0 Å². The Balaban J connectivity index is 3.48. The molecule has 0 spiro atoms. The van der Waals surface area contributed by atoms with Crippen LogP contribution < -0.4 is 9.47 Å². The second-order valence-corrected chi connectivity index (χ2v) is 2.45. The predicted molar refractivity (Wildman–Crippen MR) is 49.0 cm³/mol. The van der Waals surface area contributed by atoms with Crippen molar-refractivity contribution in [1.29, 1.82) is 10.5 Å². The van der Waals surface area contributed by atoms with Crippen molar-refractivity contribution in [2.45, 2.75) is 0 Å². The molecule has 14 heavy (non-hydrogen) atoms. The van der Waals surface area contributed by atoms with Crippen LogP contribution in [0.2, 0.25) is 0 Å². The summed E-state index contributed by atoms with van der Waals surface area (Å²) in [5, 5.41) is 17.6. The number of ether oxygens (including phenoxy) is 2. The summed E-state index contributed by atoms with van der Waals surface area (Å²) >= 11 is 0. The van der Waals surface area contributed by atoms with Crippen molar-refractivity contribution in [1.82, 2.24) is 0 Å². The molecule has 0 amide bonds. The first kappa shape index (κ1) is 9.88. The minimum Gasteiger partial charge on any atom is -0.495 e. The molecule has 0 aromatic heterocycles. The number of hydrogen-bond acceptors (Lipinski definition) is 4. The zero-order chi connectivity index (χ0) is 10.6. The Bertz CT molecular complexity index is 427. The SMILES string of the molecule is COc1ccc(C#N)c(OC)c1C#N. The smallest absolute Gasteiger partial charge is 0.158 e. The van der Waals surface area contributed by atoms with Crippen LogP contribution in [0, 0.1) is 22.7 Å². The van der Waals surface area contributed by atoms with Crippen LogP contribution in [0.1, 0.15) is 11.1 Å². The van der Waals surface area contributed by atoms with Crippen LogP contribution in [-0.4, -0.2) is 14.2 Å². The van der Waals surface area contributed by atoms with E-state index in [0.717, 1.165) is 0 Å². The Kier molecular flexibility index (Phi) is 2.93. The normalized spacial score (nSPS) is 8.57. The zero-order valence-corrected chi connectivity index (χ0v) is 7.87. The minimum atomic E-state index is 0.244. The molecule has 0 saturated heterocycles. The lowest BCUT2D eigenvalue weighted by atomic mass is 10.1. The summed E-state index contributed by atoms with van der Waals surface area (Å²) in [6, 6.07) is 7.00. The second-order valence-electron chi connectivity index (χ2n) is 2.45. The van der Waals surface area contributed by atoms with Gasteiger partial charge in [-0.2, -0.15) is 10.5 Å². The average Bonchev–Trinajstić information content (AvgIpc) is 2.26. The zero-order valence-electron chi connectivity index (χ0n) is 7.87. The lowest BCUT2D eigenvalue weighted by Crippen LogP contribution is -1.95. The summed E-state index contributed by atoms with van der Waals surface area (Å²) < 4.78 is 9.94. The summed E-state index contributed by atoms with van der Waals surface area (Å²) in [7, 11) is 2.87. The van der Waals surface area contributed by atoms with Crippen LogP contribution in [0.25, 0.3) is 0 Å². The van der Waals surface area contributed by atoms with Crippen molar-refractivity contribution in [2.24, 2.45) is 0 Å². The Labute approximate surface area is 81.9 Å². The van der Waals surface area contributed by atoms with Gasteiger partial charge in [0.2, 0.25) is 0 Å². The van der Waals surface area contributed by atoms with E-state index >= 15 is 0 Å². The highest BCUT2D eigenvalue weighted by atomic mass is 16.5. The fourth-order valence-electron chi connectivity index (χ4n) is 1.14. The lowest BCUT2D eigenvalue weighted by Gasteiger charge is -2.08. The van der Waals surface area contributed by atoms with Gasteiger partial charge in [-0.15, -0.1) is 0 Å². The summed E-state index contributed by atoms with van der Waals surface area (Å²) in [6.07, 6.45) is 0. The van der Waals surface area contributed by atoms with Gasteiger partial charge in [-0.1, -0.05) is 0 Å². The van der Waals surface area contributed by atoms with Gasteiger partial charge in [0.25, 0.3) is 0 Å². The molecule has 1 aromatic rings. The molecule has 0 N–H and O–H groups in total. The van der Waals surface area contributed by atoms with Crippen LogP contribution in [-0.2, 0) is 0 Å². The van der Waals surface area contributed by atoms with Crippen LogP contribution in [0.15, 0.2) is 12.1 Å². The van der Waals surface area contributed by atoms with Crippen molar-refractivity contribution in [3.8, 4) is 23.6 Å². The molecular weight excluding hydrogens is 180 g/mol. The molecule has 0 aliphatic heterocycles. The molecule has 0 aliphatic carbocycles. The topological polar surface area (TPSA) is 66.0 Å². The number of rotatable bonds is 2. The molecule has 4 heteroatoms. The van der Waals surface area contributed by atoms with Crippen LogP contribution in [0.3, 0.4) is 0 Å². The fourth-order valence-corrected chi connectivity index (χ4v) is 1.14. The minimum absolute atomic E-state index is 0.244. The third-order valence-electron chi connectivity index (χ3n) is 1.78. The first-order chi connectivity index (χ1) is 6.78. The van der Waals surface area contributed by atoms with Crippen molar-refractivity contribution < 1.29 is 9.47 Å². The average molecular weight is 188 g/mol. The highest BCUT2D eigenvalue weighted by molar-refractivity contribution is 5.60. The maximum absolute atomic E-state index is 8.86. The van der Waals surface area contributed by atoms with E-state index in [9.17, 15) is 0 Å². The van der Waals surface area contributed by atoms with Crippen molar-refractivity contribution in [3.05, 3.63) is 23.3 Å². The molecule has 0 unspecified atom stereocenters. The van der Waals surface area contributed by atoms with Crippen LogP contribution in [0.5, 0.6) is 11.5 Å². The van der Waals surface area contributed by atoms with Gasteiger partial charge in [0.05, 0.1) is 19.8 Å². The van der Waals surface area contributed by atoms with Gasteiger partial charge in [-0.25, -0.2) is 0 Å². The van der Waals surface area contributed by atoms with E-state index in [1.54, 1.807) is 12.1 Å². The van der Waals surface area contributed by atoms with Gasteiger partial charge >= 0.3 is 0 Å². The Morgan fingerprint density at radius 3 is 2.21 bits per heavy atom. The van der Waals surface area contributed by atoms with E-state index < -0.39 is 0 Å². The quantitative estimate of drug-likeness (QED) is 0.704. The van der Waals surface area contributed by atoms with E-state index in [2.05, 4.69) is 0 Å². The fraction of sp³-hybridized carbons (Fsp3) is 0.200. The molecule has 0 radical (unpaired) electrons. The Morgan fingerprint density at radius 2 is 1.79 bits per heavy atom. The van der Waals surface area contributed by atoms with Crippen molar-refractivity contribution >= 4 is 0 Å². The highest BCUT2D eigenvalue weighted by Crippen LogP contribution is 2.30. The maximum atomic E-state index is 8.86. The van der Waals surface area contributed by atoms with E-state index in [1.165, 1.54) is 14.2 Å². The molecule has 4 nitrogen and oxygen atoms in total. The van der Waals surface area contributed by atoms with Gasteiger partial charge in [-0.05, 0) is 12.1 Å². The van der Waals surface area contributed by atoms with Gasteiger partial charge in [0.1, 0.15) is 23.5 Å². The highest BCUT2D eigenvalue weighted by Gasteiger charge is 2.13. The predicted octanol–water partition coefficient (Wildman–Crippen LogP) is 1.45. The summed E-state index contributed by atoms with van der Waals surface area (Å²) in [5.74, 6) is 0.665. The number of benzene rings is 1. The number of hydrogen-bond donors (Lipinski definition) is 0. The van der Waals surface area contributed by atoms with Gasteiger partial charge in [0.15, 0.2) is 5.75 Å². The van der Waals surface area contributed by atoms with Crippen molar-refractivity contribution in [3.63, 3.8) is 0 Å². The van der Waals surface area contributed by atoms with Gasteiger partial charge in [-0.3, -0.25) is 0 Å². The summed E-state index contributed by atoms with van der Waals surface area (Å²) in [6.45, 7) is 0. The van der Waals surface area contributed by atoms with E-state index in [4.69, 9.17) is 20.0 Å². The van der Waals surface area contributed by atoms with Gasteiger partial charge < -0.3 is 9.47 Å². The van der Waals surface area contributed by atoms with Crippen molar-refractivity contribution in [2.75, 3.05) is 14.2 Å². The molecular formula is C10H8N2O2. The van der Waals surface area contributed by atoms with E-state index in [-0.39, 0.29) is 11.3 Å². The largest absolute Gasteiger partial charge is 0.495 e. The number of nitrogens with zero attached hydrogens (tertiary/aromatic N) is 2. The molecule has 0 aliphatic rings. The molecule has 1 rings (SSSR count). The molecule has 0 atom stereocenters. The Morgan fingerprint density at radius 1 is 1.07 bits per heavy atom. The van der Waals surface area contributed by atoms with E-state index in [1.807, 2.05) is 12.1 Å². The molecule has 70 valence electrons. The lowest BCUT2D eigenvalue weighted by molar-refractivity contribution is 0.391. The second kappa shape index (κ2) is 4.15. The molecule has 0 heterocycles. The summed E-state index contributed by atoms with van der Waals surface area (Å²) in [4.78, 5) is 0. The third kappa shape index (κ3) is 1.46. The monoisotopic (exact) mass is 188 g/mol. The van der Waals surface area contributed by atoms with Gasteiger partial charge in [0, 0.05) is 0 Å². The summed E-state index contributed by atoms with van der Waals surface area (Å²) in [5.41, 5.74) is 0.568. The number of nitriles is 2. The molecule has 0 fully saturated rings. The molecule has 0 bridgehead atoms. The first-order valence-corrected chi connectivity index (χ1v) is 3.83. The molecule has 0 saturated carbocycles. The molecule has 1 aromatic carbocycles. The van der Waals surface area contributed by atoms with E-state index in [0.29, 0.717) is 11.3 Å². The number of methoxy groups -OCH3 is 2. The maximum Gasteiger partial charge on any atom is 0.158 e. The Hall–Kier alpha value is -2.20.